The lowest BCUT2D eigenvalue weighted by atomic mass is 10.1. The Morgan fingerprint density at radius 2 is 1.89 bits per heavy atom. The van der Waals surface area contributed by atoms with Crippen LogP contribution in [0.1, 0.15) is 17.4 Å². The van der Waals surface area contributed by atoms with Gasteiger partial charge in [0.1, 0.15) is 11.9 Å². The molecule has 5 rings (SSSR count). The topological polar surface area (TPSA) is 75.2 Å². The minimum atomic E-state index is 0.00768. The summed E-state index contributed by atoms with van der Waals surface area (Å²) in [5, 5.41) is 4.09. The highest BCUT2D eigenvalue weighted by molar-refractivity contribution is 5.59. The van der Waals surface area contributed by atoms with E-state index in [-0.39, 0.29) is 6.10 Å². The highest BCUT2D eigenvalue weighted by Gasteiger charge is 2.26. The van der Waals surface area contributed by atoms with E-state index in [0.29, 0.717) is 30.6 Å². The number of nitrogens with zero attached hydrogens (tertiary/aromatic N) is 4. The molecule has 1 aliphatic rings. The number of hydrogen-bond donors (Lipinski definition) is 0. The van der Waals surface area contributed by atoms with E-state index in [1.807, 2.05) is 42.5 Å². The zero-order valence-electron chi connectivity index (χ0n) is 15.3. The molecule has 0 N–H and O–H groups in total. The Kier molecular flexibility index (Phi) is 4.14. The Balaban J connectivity index is 1.40. The second-order valence-corrected chi connectivity index (χ2v) is 6.55. The summed E-state index contributed by atoms with van der Waals surface area (Å²) < 4.78 is 18.8. The third-order valence-corrected chi connectivity index (χ3v) is 4.88. The van der Waals surface area contributed by atoms with Gasteiger partial charge >= 0.3 is 0 Å². The summed E-state index contributed by atoms with van der Waals surface area (Å²) in [6.45, 7) is 1.14. The number of rotatable bonds is 4. The second kappa shape index (κ2) is 6.94. The van der Waals surface area contributed by atoms with Crippen LogP contribution in [-0.4, -0.2) is 26.8 Å². The summed E-state index contributed by atoms with van der Waals surface area (Å²) in [7, 11) is 1.63. The summed E-state index contributed by atoms with van der Waals surface area (Å²) in [6, 6.07) is 17.7. The number of fused-ring (bicyclic) bond motifs is 1. The van der Waals surface area contributed by atoms with E-state index < -0.39 is 0 Å². The third kappa shape index (κ3) is 2.95. The van der Waals surface area contributed by atoms with Gasteiger partial charge in [0.05, 0.1) is 32.3 Å². The summed E-state index contributed by atoms with van der Waals surface area (Å²) in [4.78, 5) is 9.01. The molecule has 0 amide bonds. The Morgan fingerprint density at radius 3 is 2.68 bits per heavy atom. The van der Waals surface area contributed by atoms with E-state index in [1.54, 1.807) is 13.4 Å². The molecule has 4 aromatic rings. The van der Waals surface area contributed by atoms with E-state index in [0.717, 1.165) is 22.6 Å². The summed E-state index contributed by atoms with van der Waals surface area (Å²) >= 11 is 0. The molecule has 7 nitrogen and oxygen atoms in total. The van der Waals surface area contributed by atoms with Gasteiger partial charge in [0, 0.05) is 5.56 Å². The van der Waals surface area contributed by atoms with E-state index in [9.17, 15) is 0 Å². The van der Waals surface area contributed by atoms with Crippen LogP contribution in [0.15, 0.2) is 65.4 Å². The number of hydrogen-bond acceptors (Lipinski definition) is 6. The average molecular weight is 374 g/mol. The fraction of sp³-hybridized carbons (Fsp3) is 0.190. The normalized spacial score (nSPS) is 16.0. The SMILES string of the molecule is COc1ccc(-c2noc(-c3ncn4c3CO[C@@H](c3ccccc3)C4)n2)cc1. The molecule has 1 aliphatic heterocycles. The van der Waals surface area contributed by atoms with Crippen molar-refractivity contribution in [3.8, 4) is 28.7 Å². The maximum Gasteiger partial charge on any atom is 0.278 e. The number of imidazole rings is 1. The van der Waals surface area contributed by atoms with E-state index in [4.69, 9.17) is 14.0 Å². The minimum Gasteiger partial charge on any atom is -0.497 e. The molecule has 0 unspecified atom stereocenters. The quantitative estimate of drug-likeness (QED) is 0.540. The van der Waals surface area contributed by atoms with Crippen molar-refractivity contribution in [2.24, 2.45) is 0 Å². The molecule has 0 saturated carbocycles. The van der Waals surface area contributed by atoms with Gasteiger partial charge in [0.15, 0.2) is 5.69 Å². The smallest absolute Gasteiger partial charge is 0.278 e. The average Bonchev–Trinajstić information content (AvgIpc) is 3.41. The van der Waals surface area contributed by atoms with Crippen molar-refractivity contribution in [1.82, 2.24) is 19.7 Å². The first kappa shape index (κ1) is 16.7. The molecule has 0 spiro atoms. The predicted molar refractivity (Wildman–Crippen MR) is 101 cm³/mol. The lowest BCUT2D eigenvalue weighted by Crippen LogP contribution is -2.20. The molecule has 0 fully saturated rings. The molecule has 3 heterocycles. The zero-order valence-corrected chi connectivity index (χ0v) is 15.3. The van der Waals surface area contributed by atoms with Crippen molar-refractivity contribution in [3.63, 3.8) is 0 Å². The van der Waals surface area contributed by atoms with Gasteiger partial charge in [0.2, 0.25) is 5.82 Å². The van der Waals surface area contributed by atoms with Crippen molar-refractivity contribution in [2.75, 3.05) is 7.11 Å². The zero-order chi connectivity index (χ0) is 18.9. The van der Waals surface area contributed by atoms with Gasteiger partial charge in [-0.2, -0.15) is 4.98 Å². The fourth-order valence-electron chi connectivity index (χ4n) is 3.35. The molecule has 2 aromatic heterocycles. The van der Waals surface area contributed by atoms with Gasteiger partial charge in [-0.1, -0.05) is 35.5 Å². The number of methoxy groups -OCH3 is 1. The summed E-state index contributed by atoms with van der Waals surface area (Å²) in [6.07, 6.45) is 1.81. The van der Waals surface area contributed by atoms with Crippen molar-refractivity contribution >= 4 is 0 Å². The fourth-order valence-corrected chi connectivity index (χ4v) is 3.35. The first-order chi connectivity index (χ1) is 13.8. The summed E-state index contributed by atoms with van der Waals surface area (Å²) in [5.74, 6) is 1.68. The van der Waals surface area contributed by atoms with Gasteiger partial charge in [0.25, 0.3) is 5.89 Å². The first-order valence-corrected chi connectivity index (χ1v) is 9.01. The molecular formula is C21H18N4O3. The standard InChI is InChI=1S/C21H18N4O3/c1-26-16-9-7-15(8-10-16)20-23-21(28-24-20)19-17-12-27-18(11-25(17)13-22-19)14-5-3-2-4-6-14/h2-10,13,18H,11-12H2,1H3/t18-/m1/s1. The van der Waals surface area contributed by atoms with Crippen LogP contribution >= 0.6 is 0 Å². The molecule has 0 bridgehead atoms. The molecule has 0 aliphatic carbocycles. The molecule has 0 radical (unpaired) electrons. The predicted octanol–water partition coefficient (Wildman–Crippen LogP) is 3.88. The number of benzene rings is 2. The molecule has 0 saturated heterocycles. The third-order valence-electron chi connectivity index (χ3n) is 4.88. The molecule has 140 valence electrons. The van der Waals surface area contributed by atoms with Crippen LogP contribution in [0.25, 0.3) is 23.0 Å². The largest absolute Gasteiger partial charge is 0.497 e. The van der Waals surface area contributed by atoms with Gasteiger partial charge in [-0.15, -0.1) is 0 Å². The van der Waals surface area contributed by atoms with Crippen LogP contribution in [0, 0.1) is 0 Å². The molecule has 28 heavy (non-hydrogen) atoms. The van der Waals surface area contributed by atoms with Crippen molar-refractivity contribution in [1.29, 1.82) is 0 Å². The maximum absolute atomic E-state index is 6.06. The molecular weight excluding hydrogens is 356 g/mol. The van der Waals surface area contributed by atoms with Crippen LogP contribution in [0.3, 0.4) is 0 Å². The van der Waals surface area contributed by atoms with Crippen molar-refractivity contribution in [3.05, 3.63) is 72.2 Å². The van der Waals surface area contributed by atoms with Crippen LogP contribution < -0.4 is 4.74 Å². The first-order valence-electron chi connectivity index (χ1n) is 9.01. The maximum atomic E-state index is 6.06. The van der Waals surface area contributed by atoms with Crippen LogP contribution in [0.2, 0.25) is 0 Å². The lowest BCUT2D eigenvalue weighted by molar-refractivity contribution is 0.00330. The molecule has 7 heteroatoms. The van der Waals surface area contributed by atoms with Crippen molar-refractivity contribution < 1.29 is 14.0 Å². The van der Waals surface area contributed by atoms with Gasteiger partial charge in [-0.25, -0.2) is 4.98 Å². The number of ether oxygens (including phenoxy) is 2. The highest BCUT2D eigenvalue weighted by atomic mass is 16.5. The number of aromatic nitrogens is 4. The molecule has 1 atom stereocenters. The van der Waals surface area contributed by atoms with Gasteiger partial charge in [-0.3, -0.25) is 0 Å². The van der Waals surface area contributed by atoms with Gasteiger partial charge in [-0.05, 0) is 29.8 Å². The van der Waals surface area contributed by atoms with E-state index in [1.165, 1.54) is 0 Å². The Labute approximate surface area is 161 Å². The van der Waals surface area contributed by atoms with Gasteiger partial charge < -0.3 is 18.6 Å². The monoisotopic (exact) mass is 374 g/mol. The van der Waals surface area contributed by atoms with E-state index in [2.05, 4.69) is 31.8 Å². The van der Waals surface area contributed by atoms with Crippen LogP contribution in [0.4, 0.5) is 0 Å². The summed E-state index contributed by atoms with van der Waals surface area (Å²) in [5.41, 5.74) is 3.61. The van der Waals surface area contributed by atoms with Crippen LogP contribution in [-0.2, 0) is 17.9 Å². The Hall–Kier alpha value is -3.45. The van der Waals surface area contributed by atoms with Crippen molar-refractivity contribution in [2.45, 2.75) is 19.3 Å². The van der Waals surface area contributed by atoms with Crippen LogP contribution in [0.5, 0.6) is 5.75 Å². The van der Waals surface area contributed by atoms with E-state index >= 15 is 0 Å². The lowest BCUT2D eigenvalue weighted by Gasteiger charge is -2.25. The Morgan fingerprint density at radius 1 is 1.07 bits per heavy atom. The second-order valence-electron chi connectivity index (χ2n) is 6.55. The highest BCUT2D eigenvalue weighted by Crippen LogP contribution is 2.31. The Bertz CT molecular complexity index is 1090. The molecule has 2 aromatic carbocycles. The minimum absolute atomic E-state index is 0.00768.